The van der Waals surface area contributed by atoms with Crippen LogP contribution in [0.25, 0.3) is 0 Å². The Labute approximate surface area is 534 Å². The molecule has 0 aliphatic heterocycles. The van der Waals surface area contributed by atoms with E-state index >= 15 is 0 Å². The molecule has 0 heterocycles. The molecule has 0 N–H and O–H groups in total. The average molecular weight is 1300 g/mol. The second kappa shape index (κ2) is 36.7. The summed E-state index contributed by atoms with van der Waals surface area (Å²) in [7, 11) is 0. The van der Waals surface area contributed by atoms with Crippen LogP contribution in [-0.2, 0) is 0 Å². The van der Waals surface area contributed by atoms with E-state index in [9.17, 15) is 65.9 Å². The molecule has 3 rings (SSSR count). The molecule has 0 bridgehead atoms. The van der Waals surface area contributed by atoms with E-state index in [4.69, 9.17) is 0 Å². The van der Waals surface area contributed by atoms with Crippen molar-refractivity contribution in [2.24, 2.45) is 126 Å². The van der Waals surface area contributed by atoms with Gasteiger partial charge in [-0.25, -0.2) is 0 Å². The Bertz CT molecular complexity index is 1750. The minimum absolute atomic E-state index is 0.0362. The van der Waals surface area contributed by atoms with E-state index in [2.05, 4.69) is 138 Å². The van der Waals surface area contributed by atoms with E-state index in [-0.39, 0.29) is 29.1 Å². The number of hydrogen-bond donors (Lipinski definition) is 0. The number of halogens is 15. The number of hydrogen-bond acceptors (Lipinski definition) is 0. The highest BCUT2D eigenvalue weighted by Gasteiger charge is 2.54. The van der Waals surface area contributed by atoms with Crippen LogP contribution in [0, 0.1) is 126 Å². The molecule has 538 valence electrons. The predicted octanol–water partition coefficient (Wildman–Crippen LogP) is 29.2. The van der Waals surface area contributed by atoms with Crippen molar-refractivity contribution in [3.8, 4) is 0 Å². The van der Waals surface area contributed by atoms with Crippen LogP contribution in [0.15, 0.2) is 0 Å². The molecule has 88 heavy (non-hydrogen) atoms. The smallest absolute Gasteiger partial charge is 0.171 e. The summed E-state index contributed by atoms with van der Waals surface area (Å²) < 4.78 is 184. The van der Waals surface area contributed by atoms with E-state index in [0.29, 0.717) is 65.1 Å². The molecule has 4 unspecified atom stereocenters. The minimum atomic E-state index is -4.13. The van der Waals surface area contributed by atoms with Gasteiger partial charge in [0.05, 0.1) is 29.1 Å². The molecule has 0 amide bonds. The van der Waals surface area contributed by atoms with Crippen molar-refractivity contribution in [3.05, 3.63) is 0 Å². The second-order valence-electron chi connectivity index (χ2n) is 35.4. The van der Waals surface area contributed by atoms with Gasteiger partial charge in [0.25, 0.3) is 0 Å². The summed E-state index contributed by atoms with van der Waals surface area (Å²) in [5, 5.41) is 0. The molecule has 3 saturated carbocycles. The van der Waals surface area contributed by atoms with Crippen LogP contribution in [0.2, 0.25) is 0 Å². The minimum Gasteiger partial charge on any atom is -0.171 e. The van der Waals surface area contributed by atoms with Gasteiger partial charge in [0.2, 0.25) is 0 Å². The zero-order chi connectivity index (χ0) is 72.4. The lowest BCUT2D eigenvalue weighted by molar-refractivity contribution is -0.238. The fourth-order valence-corrected chi connectivity index (χ4v) is 10.8. The summed E-state index contributed by atoms with van der Waals surface area (Å²) in [6, 6.07) is 0. The third kappa shape index (κ3) is 37.1. The highest BCUT2D eigenvalue weighted by molar-refractivity contribution is 4.89. The van der Waals surface area contributed by atoms with Gasteiger partial charge in [-0.05, 0) is 129 Å². The van der Waals surface area contributed by atoms with Crippen LogP contribution in [0.5, 0.6) is 0 Å². The van der Waals surface area contributed by atoms with Crippen molar-refractivity contribution in [3.63, 3.8) is 0 Å². The van der Waals surface area contributed by atoms with Gasteiger partial charge in [0.15, 0.2) is 0 Å². The second-order valence-corrected chi connectivity index (χ2v) is 35.4. The van der Waals surface area contributed by atoms with Gasteiger partial charge in [0, 0.05) is 0 Å². The van der Waals surface area contributed by atoms with Crippen LogP contribution in [0.3, 0.4) is 0 Å². The van der Waals surface area contributed by atoms with Crippen molar-refractivity contribution in [2.45, 2.75) is 344 Å². The van der Waals surface area contributed by atoms with Gasteiger partial charge < -0.3 is 0 Å². The molecule has 0 nitrogen and oxygen atoms in total. The molecule has 0 radical (unpaired) electrons. The lowest BCUT2D eigenvalue weighted by Gasteiger charge is -2.42. The van der Waals surface area contributed by atoms with Gasteiger partial charge in [-0.15, -0.1) is 0 Å². The number of rotatable bonds is 5. The van der Waals surface area contributed by atoms with Crippen molar-refractivity contribution in [1.29, 1.82) is 0 Å². The van der Waals surface area contributed by atoms with Crippen LogP contribution < -0.4 is 0 Å². The fraction of sp³-hybridized carbons (Fsp3) is 1.00. The quantitative estimate of drug-likeness (QED) is 0.241. The van der Waals surface area contributed by atoms with Gasteiger partial charge in [0.1, 0.15) is 0 Å². The van der Waals surface area contributed by atoms with E-state index in [0.717, 1.165) is 62.2 Å². The van der Waals surface area contributed by atoms with Crippen molar-refractivity contribution in [1.82, 2.24) is 0 Å². The first-order chi connectivity index (χ1) is 38.1. The first kappa shape index (κ1) is 95.6. The molecular formula is C73H141F15. The fourth-order valence-electron chi connectivity index (χ4n) is 10.8. The zero-order valence-corrected chi connectivity index (χ0v) is 63.0. The monoisotopic (exact) mass is 1300 g/mol. The van der Waals surface area contributed by atoms with Crippen LogP contribution >= 0.6 is 0 Å². The molecule has 15 heteroatoms. The van der Waals surface area contributed by atoms with Crippen molar-refractivity contribution < 1.29 is 65.9 Å². The molecule has 0 aromatic rings. The maximum Gasteiger partial charge on any atom is 0.394 e. The van der Waals surface area contributed by atoms with E-state index in [1.807, 2.05) is 55.4 Å². The molecule has 0 saturated heterocycles. The molecule has 3 fully saturated rings. The Hall–Kier alpha value is -1.05. The molecular weight excluding hydrogens is 1160 g/mol. The van der Waals surface area contributed by atoms with Crippen LogP contribution in [0.4, 0.5) is 65.9 Å². The van der Waals surface area contributed by atoms with Gasteiger partial charge >= 0.3 is 30.9 Å². The summed E-state index contributed by atoms with van der Waals surface area (Å²) in [6.45, 7) is 71.7. The van der Waals surface area contributed by atoms with Gasteiger partial charge in [-0.1, -0.05) is 281 Å². The third-order valence-electron chi connectivity index (χ3n) is 22.6. The lowest BCUT2D eigenvalue weighted by atomic mass is 9.63. The standard InChI is InChI=1S/C10H19F3.2C10H22.C9H15F3.C9H17F3.C9H20.2C8H13F3/c1-7(8(2,3)4)9(5,6)10(11,12)13;1-8(9(2,3)4)10(5,6)7;1-8(2)10(6,7)9(3,4)5;1-6-4-3-5-8(7(6)2)9(10,11)12;1-6(2)8(4,5)7(3)9(10,11)12;1-7(2)8(3)9(4,5)6;1-6-2-4-7(5-3-6)8(9,10)11;1-6-3-2-4-7(5-6)8(9,10)11/h7H,1-6H3;2*8H,1-7H3;6-8H,3-5H2,1-2H3;6-7H,1-5H3;7-8H,1-6H3;2*6-7H,2-5H2,1H3/t7-;;;6?,7-,8?;;8-;;6-,7?/m1..1.1.1/s1. The highest BCUT2D eigenvalue weighted by Crippen LogP contribution is 2.51. The highest BCUT2D eigenvalue weighted by atomic mass is 19.4. The Balaban J connectivity index is -0.000000299. The topological polar surface area (TPSA) is 0 Å². The summed E-state index contributed by atoms with van der Waals surface area (Å²) in [6.07, 6.45) is -13.5. The van der Waals surface area contributed by atoms with E-state index < -0.39 is 71.3 Å². The third-order valence-corrected chi connectivity index (χ3v) is 22.6. The Morgan fingerprint density at radius 3 is 0.864 bits per heavy atom. The first-order valence-electron chi connectivity index (χ1n) is 33.5. The van der Waals surface area contributed by atoms with Crippen molar-refractivity contribution >= 4 is 0 Å². The van der Waals surface area contributed by atoms with Crippen molar-refractivity contribution in [2.75, 3.05) is 0 Å². The average Bonchev–Trinajstić information content (AvgIpc) is 3.29. The first-order valence-corrected chi connectivity index (χ1v) is 33.5. The molecule has 0 aromatic heterocycles. The zero-order valence-electron chi connectivity index (χ0n) is 63.0. The number of alkyl halides is 15. The Morgan fingerprint density at radius 1 is 0.330 bits per heavy atom. The predicted molar refractivity (Wildman–Crippen MR) is 348 cm³/mol. The van der Waals surface area contributed by atoms with E-state index in [1.165, 1.54) is 20.8 Å². The van der Waals surface area contributed by atoms with Crippen LogP contribution in [-0.4, -0.2) is 30.9 Å². The molecule has 8 atom stereocenters. The maximum atomic E-state index is 12.6. The molecule has 0 aromatic carbocycles. The molecule has 0 spiro atoms. The lowest BCUT2D eigenvalue weighted by Crippen LogP contribution is -2.43. The van der Waals surface area contributed by atoms with Crippen LogP contribution in [0.1, 0.15) is 313 Å². The summed E-state index contributed by atoms with van der Waals surface area (Å²) in [5.41, 5.74) is -0.401. The normalized spacial score (nSPS) is 23.5. The summed E-state index contributed by atoms with van der Waals surface area (Å²) in [4.78, 5) is 0. The van der Waals surface area contributed by atoms with Gasteiger partial charge in [-0.3, -0.25) is 0 Å². The largest absolute Gasteiger partial charge is 0.394 e. The molecule has 3 aliphatic rings. The Kier molecular flexibility index (Phi) is 39.9. The SMILES string of the molecule is CC(C(C)(C)C)C(C)(C)C.CC(C)C(C)(C)C(C)(C)C.CC(C)C(C)(C)C(C)C(F)(F)F.CC(C)[C@@H](C)C(C)(C)C.CC1CCC(C(F)(F)F)CC1.CC1CCCC(C(F)(F)F)[C@@H]1C.C[C@@H]1CCCC(C(F)(F)F)C1.C[C@H](C(C)(C)C)C(C)(C)C(F)(F)F. The molecule has 3 aliphatic carbocycles. The maximum absolute atomic E-state index is 12.6. The van der Waals surface area contributed by atoms with E-state index in [1.54, 1.807) is 27.7 Å². The summed E-state index contributed by atoms with van der Waals surface area (Å²) >= 11 is 0. The summed E-state index contributed by atoms with van der Waals surface area (Å²) in [5.74, 6) is -0.770. The van der Waals surface area contributed by atoms with Gasteiger partial charge in [-0.2, -0.15) is 65.9 Å². The Morgan fingerprint density at radius 2 is 0.693 bits per heavy atom.